The van der Waals surface area contributed by atoms with Crippen LogP contribution in [0.25, 0.3) is 0 Å². The second kappa shape index (κ2) is 10.1. The van der Waals surface area contributed by atoms with Gasteiger partial charge in [0.25, 0.3) is 0 Å². The molecule has 0 aromatic heterocycles. The number of ether oxygens (including phenoxy) is 2. The average Bonchev–Trinajstić information content (AvgIpc) is 2.47. The van der Waals surface area contributed by atoms with Gasteiger partial charge in [0, 0.05) is 0 Å². The summed E-state index contributed by atoms with van der Waals surface area (Å²) in [6.45, 7) is 5.10. The number of carboxylic acid groups (broad SMARTS) is 1. The Kier molecular flexibility index (Phi) is 8.32. The minimum absolute atomic E-state index is 0.150. The molecule has 0 bridgehead atoms. The highest BCUT2D eigenvalue weighted by Crippen LogP contribution is 2.24. The Labute approximate surface area is 127 Å². The molecule has 0 spiro atoms. The molecule has 4 nitrogen and oxygen atoms in total. The van der Waals surface area contributed by atoms with Gasteiger partial charge in [-0.05, 0) is 31.5 Å². The van der Waals surface area contributed by atoms with Gasteiger partial charge in [-0.3, -0.25) is 0 Å². The Morgan fingerprint density at radius 1 is 1.05 bits per heavy atom. The summed E-state index contributed by atoms with van der Waals surface area (Å²) in [5.41, 5.74) is 0.150. The molecule has 0 atom stereocenters. The van der Waals surface area contributed by atoms with Crippen LogP contribution in [0.1, 0.15) is 62.7 Å². The standard InChI is InChI=1S/C17H26O4/c1-3-5-6-7-8-9-12-21-14-10-11-16(20-4-2)15(13-14)17(18)19/h10-11,13H,3-9,12H2,1-2H3,(H,18,19). The summed E-state index contributed by atoms with van der Waals surface area (Å²) in [5, 5.41) is 9.17. The fourth-order valence-corrected chi connectivity index (χ4v) is 2.12. The van der Waals surface area contributed by atoms with E-state index in [4.69, 9.17) is 9.47 Å². The fraction of sp³-hybridized carbons (Fsp3) is 0.588. The number of rotatable bonds is 11. The number of unbranched alkanes of at least 4 members (excludes halogenated alkanes) is 5. The third-order valence-corrected chi connectivity index (χ3v) is 3.25. The van der Waals surface area contributed by atoms with Crippen molar-refractivity contribution in [2.24, 2.45) is 0 Å². The van der Waals surface area contributed by atoms with Gasteiger partial charge in [-0.15, -0.1) is 0 Å². The molecule has 1 rings (SSSR count). The van der Waals surface area contributed by atoms with Crippen LogP contribution in [0, 0.1) is 0 Å². The molecule has 0 aliphatic rings. The molecule has 0 saturated carbocycles. The molecule has 0 heterocycles. The molecular weight excluding hydrogens is 268 g/mol. The van der Waals surface area contributed by atoms with Crippen molar-refractivity contribution in [2.75, 3.05) is 13.2 Å². The molecular formula is C17H26O4. The monoisotopic (exact) mass is 294 g/mol. The van der Waals surface area contributed by atoms with E-state index in [0.29, 0.717) is 24.7 Å². The minimum Gasteiger partial charge on any atom is -0.494 e. The first-order chi connectivity index (χ1) is 10.2. The number of hydrogen-bond donors (Lipinski definition) is 1. The molecule has 1 aromatic rings. The molecule has 0 unspecified atom stereocenters. The zero-order valence-corrected chi connectivity index (χ0v) is 13.1. The van der Waals surface area contributed by atoms with Crippen molar-refractivity contribution in [3.8, 4) is 11.5 Å². The number of aromatic carboxylic acids is 1. The van der Waals surface area contributed by atoms with Crippen LogP contribution in [0.3, 0.4) is 0 Å². The van der Waals surface area contributed by atoms with Crippen LogP contribution < -0.4 is 9.47 Å². The highest BCUT2D eigenvalue weighted by atomic mass is 16.5. The predicted molar refractivity (Wildman–Crippen MR) is 83.4 cm³/mol. The van der Waals surface area contributed by atoms with E-state index in [1.54, 1.807) is 12.1 Å². The lowest BCUT2D eigenvalue weighted by Crippen LogP contribution is -2.04. The molecule has 0 aliphatic heterocycles. The second-order valence-electron chi connectivity index (χ2n) is 5.01. The predicted octanol–water partition coefficient (Wildman–Crippen LogP) is 4.52. The number of carboxylic acids is 1. The van der Waals surface area contributed by atoms with Crippen LogP contribution in [0.5, 0.6) is 11.5 Å². The third-order valence-electron chi connectivity index (χ3n) is 3.25. The van der Waals surface area contributed by atoms with Crippen molar-refractivity contribution in [2.45, 2.75) is 52.4 Å². The highest BCUT2D eigenvalue weighted by molar-refractivity contribution is 5.91. The summed E-state index contributed by atoms with van der Waals surface area (Å²) in [6, 6.07) is 4.95. The van der Waals surface area contributed by atoms with E-state index in [0.717, 1.165) is 12.8 Å². The summed E-state index contributed by atoms with van der Waals surface area (Å²) in [4.78, 5) is 11.2. The van der Waals surface area contributed by atoms with E-state index in [1.165, 1.54) is 31.7 Å². The Bertz CT molecular complexity index is 429. The Morgan fingerprint density at radius 2 is 1.76 bits per heavy atom. The Morgan fingerprint density at radius 3 is 2.43 bits per heavy atom. The van der Waals surface area contributed by atoms with Gasteiger partial charge in [-0.1, -0.05) is 39.0 Å². The van der Waals surface area contributed by atoms with Gasteiger partial charge < -0.3 is 14.6 Å². The number of benzene rings is 1. The van der Waals surface area contributed by atoms with E-state index in [1.807, 2.05) is 6.92 Å². The van der Waals surface area contributed by atoms with Gasteiger partial charge in [0.1, 0.15) is 17.1 Å². The van der Waals surface area contributed by atoms with Crippen LogP contribution in [0.15, 0.2) is 18.2 Å². The molecule has 0 saturated heterocycles. The second-order valence-corrected chi connectivity index (χ2v) is 5.01. The van der Waals surface area contributed by atoms with Gasteiger partial charge in [0.2, 0.25) is 0 Å². The van der Waals surface area contributed by atoms with Gasteiger partial charge in [-0.25, -0.2) is 4.79 Å². The zero-order chi connectivity index (χ0) is 15.5. The van der Waals surface area contributed by atoms with E-state index in [9.17, 15) is 9.90 Å². The van der Waals surface area contributed by atoms with Crippen molar-refractivity contribution in [1.82, 2.24) is 0 Å². The molecule has 1 N–H and O–H groups in total. The minimum atomic E-state index is -0.997. The van der Waals surface area contributed by atoms with E-state index < -0.39 is 5.97 Å². The maximum absolute atomic E-state index is 11.2. The first kappa shape index (κ1) is 17.3. The Balaban J connectivity index is 2.41. The molecule has 1 aromatic carbocycles. The fourth-order valence-electron chi connectivity index (χ4n) is 2.12. The van der Waals surface area contributed by atoms with Crippen LogP contribution >= 0.6 is 0 Å². The summed E-state index contributed by atoms with van der Waals surface area (Å²) in [7, 11) is 0. The molecule has 4 heteroatoms. The summed E-state index contributed by atoms with van der Waals surface area (Å²) in [6.07, 6.45) is 7.22. The lowest BCUT2D eigenvalue weighted by molar-refractivity contribution is 0.0692. The van der Waals surface area contributed by atoms with Crippen molar-refractivity contribution in [3.63, 3.8) is 0 Å². The van der Waals surface area contributed by atoms with E-state index >= 15 is 0 Å². The first-order valence-corrected chi connectivity index (χ1v) is 7.82. The van der Waals surface area contributed by atoms with Gasteiger partial charge in [0.05, 0.1) is 13.2 Å². The van der Waals surface area contributed by atoms with Gasteiger partial charge >= 0.3 is 5.97 Å². The SMILES string of the molecule is CCCCCCCCOc1ccc(OCC)c(C(=O)O)c1. The maximum atomic E-state index is 11.2. The van der Waals surface area contributed by atoms with Crippen LogP contribution in [0.4, 0.5) is 0 Å². The highest BCUT2D eigenvalue weighted by Gasteiger charge is 2.12. The van der Waals surface area contributed by atoms with Gasteiger partial charge in [-0.2, -0.15) is 0 Å². The van der Waals surface area contributed by atoms with Crippen LogP contribution in [0.2, 0.25) is 0 Å². The maximum Gasteiger partial charge on any atom is 0.339 e. The largest absolute Gasteiger partial charge is 0.494 e. The third kappa shape index (κ3) is 6.52. The van der Waals surface area contributed by atoms with Crippen molar-refractivity contribution in [3.05, 3.63) is 23.8 Å². The molecule has 21 heavy (non-hydrogen) atoms. The van der Waals surface area contributed by atoms with Crippen LogP contribution in [-0.4, -0.2) is 24.3 Å². The van der Waals surface area contributed by atoms with E-state index in [-0.39, 0.29) is 5.56 Å². The van der Waals surface area contributed by atoms with Crippen molar-refractivity contribution in [1.29, 1.82) is 0 Å². The zero-order valence-electron chi connectivity index (χ0n) is 13.1. The van der Waals surface area contributed by atoms with Crippen LogP contribution in [-0.2, 0) is 0 Å². The van der Waals surface area contributed by atoms with Crippen molar-refractivity contribution < 1.29 is 19.4 Å². The molecule has 0 fully saturated rings. The topological polar surface area (TPSA) is 55.8 Å². The summed E-state index contributed by atoms with van der Waals surface area (Å²) >= 11 is 0. The molecule has 0 aliphatic carbocycles. The molecule has 0 radical (unpaired) electrons. The average molecular weight is 294 g/mol. The number of hydrogen-bond acceptors (Lipinski definition) is 3. The first-order valence-electron chi connectivity index (χ1n) is 7.82. The summed E-state index contributed by atoms with van der Waals surface area (Å²) < 4.78 is 10.9. The summed E-state index contributed by atoms with van der Waals surface area (Å²) in [5.74, 6) is -0.0233. The van der Waals surface area contributed by atoms with E-state index in [2.05, 4.69) is 6.92 Å². The lowest BCUT2D eigenvalue weighted by atomic mass is 10.1. The van der Waals surface area contributed by atoms with Gasteiger partial charge in [0.15, 0.2) is 0 Å². The Hall–Kier alpha value is -1.71. The van der Waals surface area contributed by atoms with Crippen molar-refractivity contribution >= 4 is 5.97 Å². The lowest BCUT2D eigenvalue weighted by Gasteiger charge is -2.10. The number of carbonyl (C=O) groups is 1. The molecule has 118 valence electrons. The molecule has 0 amide bonds. The smallest absolute Gasteiger partial charge is 0.339 e. The quantitative estimate of drug-likeness (QED) is 0.609. The normalized spacial score (nSPS) is 10.4.